The minimum absolute atomic E-state index is 0.621. The summed E-state index contributed by atoms with van der Waals surface area (Å²) in [5.74, 6) is 0. The van der Waals surface area contributed by atoms with E-state index in [4.69, 9.17) is 5.11 Å². The second-order valence-corrected chi connectivity index (χ2v) is 3.52. The largest absolute Gasteiger partial charge is 0.465 e. The first kappa shape index (κ1) is 9.71. The van der Waals surface area contributed by atoms with Crippen LogP contribution in [0.3, 0.4) is 0 Å². The monoisotopic (exact) mass is 204 g/mol. The molecular formula is C11H12N2O2. The maximum atomic E-state index is 10.5. The second kappa shape index (κ2) is 3.73. The van der Waals surface area contributed by atoms with Crippen molar-refractivity contribution in [1.82, 2.24) is 0 Å². The number of benzene rings is 1. The van der Waals surface area contributed by atoms with Crippen LogP contribution in [0.15, 0.2) is 23.2 Å². The molecule has 0 bridgehead atoms. The van der Waals surface area contributed by atoms with Gasteiger partial charge in [0, 0.05) is 17.9 Å². The van der Waals surface area contributed by atoms with Crippen LogP contribution in [0, 0.1) is 0 Å². The van der Waals surface area contributed by atoms with Gasteiger partial charge in [0.25, 0.3) is 0 Å². The standard InChI is InChI=1S/C11H12N2O2/c1-7-10-3-2-9(13-11(14)15)6-8(10)4-5-12-7/h2-3,6,13H,4-5H2,1H3,(H,14,15). The van der Waals surface area contributed by atoms with Crippen molar-refractivity contribution >= 4 is 17.5 Å². The molecular weight excluding hydrogens is 192 g/mol. The lowest BCUT2D eigenvalue weighted by Crippen LogP contribution is -2.12. The van der Waals surface area contributed by atoms with Gasteiger partial charge in [-0.3, -0.25) is 10.3 Å². The highest BCUT2D eigenvalue weighted by Gasteiger charge is 2.11. The molecule has 0 radical (unpaired) electrons. The SMILES string of the molecule is CC1=NCCc2cc(NC(=O)O)ccc21. The van der Waals surface area contributed by atoms with E-state index in [1.54, 1.807) is 6.07 Å². The van der Waals surface area contributed by atoms with Crippen molar-refractivity contribution in [2.45, 2.75) is 13.3 Å². The van der Waals surface area contributed by atoms with Crippen molar-refractivity contribution in [2.24, 2.45) is 4.99 Å². The van der Waals surface area contributed by atoms with Gasteiger partial charge in [-0.15, -0.1) is 0 Å². The average molecular weight is 204 g/mol. The van der Waals surface area contributed by atoms with Gasteiger partial charge in [0.05, 0.1) is 0 Å². The van der Waals surface area contributed by atoms with Crippen molar-refractivity contribution in [3.63, 3.8) is 0 Å². The van der Waals surface area contributed by atoms with Gasteiger partial charge in [-0.05, 0) is 36.6 Å². The molecule has 0 spiro atoms. The molecule has 0 fully saturated rings. The van der Waals surface area contributed by atoms with Gasteiger partial charge in [0.1, 0.15) is 0 Å². The summed E-state index contributed by atoms with van der Waals surface area (Å²) in [6, 6.07) is 5.55. The Hall–Kier alpha value is -1.84. The molecule has 1 aliphatic heterocycles. The van der Waals surface area contributed by atoms with E-state index >= 15 is 0 Å². The molecule has 0 saturated carbocycles. The van der Waals surface area contributed by atoms with Crippen molar-refractivity contribution in [3.05, 3.63) is 29.3 Å². The number of carboxylic acid groups (broad SMARTS) is 1. The Balaban J connectivity index is 2.34. The van der Waals surface area contributed by atoms with Gasteiger partial charge < -0.3 is 5.11 Å². The van der Waals surface area contributed by atoms with E-state index in [1.807, 2.05) is 19.1 Å². The van der Waals surface area contributed by atoms with Crippen LogP contribution in [-0.4, -0.2) is 23.5 Å². The molecule has 78 valence electrons. The molecule has 4 nitrogen and oxygen atoms in total. The molecule has 1 aromatic rings. The Kier molecular flexibility index (Phi) is 2.41. The first-order valence-electron chi connectivity index (χ1n) is 4.81. The molecule has 0 aromatic heterocycles. The first-order valence-corrected chi connectivity index (χ1v) is 4.81. The summed E-state index contributed by atoms with van der Waals surface area (Å²) in [4.78, 5) is 14.8. The smallest absolute Gasteiger partial charge is 0.409 e. The number of aliphatic imine (C=N–C) groups is 1. The van der Waals surface area contributed by atoms with E-state index in [-0.39, 0.29) is 0 Å². The van der Waals surface area contributed by atoms with Gasteiger partial charge in [0.2, 0.25) is 0 Å². The molecule has 0 saturated heterocycles. The topological polar surface area (TPSA) is 61.7 Å². The molecule has 0 unspecified atom stereocenters. The van der Waals surface area contributed by atoms with Crippen LogP contribution in [0.4, 0.5) is 10.5 Å². The van der Waals surface area contributed by atoms with Crippen LogP contribution in [0.25, 0.3) is 0 Å². The van der Waals surface area contributed by atoms with Gasteiger partial charge in [-0.1, -0.05) is 6.07 Å². The van der Waals surface area contributed by atoms with Crippen molar-refractivity contribution in [2.75, 3.05) is 11.9 Å². The Labute approximate surface area is 87.7 Å². The molecule has 0 atom stereocenters. The number of anilines is 1. The fourth-order valence-electron chi connectivity index (χ4n) is 1.78. The minimum Gasteiger partial charge on any atom is -0.465 e. The predicted molar refractivity (Wildman–Crippen MR) is 58.9 cm³/mol. The number of rotatable bonds is 1. The van der Waals surface area contributed by atoms with E-state index in [0.717, 1.165) is 29.8 Å². The molecule has 2 rings (SSSR count). The third-order valence-corrected chi connectivity index (χ3v) is 2.48. The number of carbonyl (C=O) groups is 1. The number of nitrogens with one attached hydrogen (secondary N) is 1. The van der Waals surface area contributed by atoms with Crippen LogP contribution in [0.1, 0.15) is 18.1 Å². The first-order chi connectivity index (χ1) is 7.16. The van der Waals surface area contributed by atoms with Gasteiger partial charge in [-0.25, -0.2) is 4.79 Å². The summed E-state index contributed by atoms with van der Waals surface area (Å²) in [5.41, 5.74) is 3.93. The molecule has 1 aromatic carbocycles. The molecule has 2 N–H and O–H groups in total. The fourth-order valence-corrected chi connectivity index (χ4v) is 1.78. The molecule has 1 amide bonds. The lowest BCUT2D eigenvalue weighted by Gasteiger charge is -2.15. The Bertz CT molecular complexity index is 438. The van der Waals surface area contributed by atoms with Crippen molar-refractivity contribution in [1.29, 1.82) is 0 Å². The Morgan fingerprint density at radius 2 is 2.33 bits per heavy atom. The third-order valence-electron chi connectivity index (χ3n) is 2.48. The van der Waals surface area contributed by atoms with E-state index in [1.165, 1.54) is 0 Å². The number of nitrogens with zero attached hydrogens (tertiary/aromatic N) is 1. The zero-order valence-electron chi connectivity index (χ0n) is 8.45. The zero-order valence-corrected chi connectivity index (χ0v) is 8.45. The van der Waals surface area contributed by atoms with Crippen LogP contribution < -0.4 is 5.32 Å². The van der Waals surface area contributed by atoms with Crippen molar-refractivity contribution in [3.8, 4) is 0 Å². The number of fused-ring (bicyclic) bond motifs is 1. The summed E-state index contributed by atoms with van der Waals surface area (Å²) in [6.07, 6.45) is -0.155. The Morgan fingerprint density at radius 3 is 3.07 bits per heavy atom. The predicted octanol–water partition coefficient (Wildman–Crippen LogP) is 2.14. The maximum absolute atomic E-state index is 10.5. The molecule has 4 heteroatoms. The lowest BCUT2D eigenvalue weighted by atomic mass is 9.98. The van der Waals surface area contributed by atoms with Crippen LogP contribution in [-0.2, 0) is 6.42 Å². The fraction of sp³-hybridized carbons (Fsp3) is 0.273. The van der Waals surface area contributed by atoms with E-state index in [0.29, 0.717) is 5.69 Å². The van der Waals surface area contributed by atoms with Crippen LogP contribution in [0.5, 0.6) is 0 Å². The van der Waals surface area contributed by atoms with Crippen LogP contribution >= 0.6 is 0 Å². The maximum Gasteiger partial charge on any atom is 0.409 e. The number of hydrogen-bond donors (Lipinski definition) is 2. The van der Waals surface area contributed by atoms with Gasteiger partial charge in [-0.2, -0.15) is 0 Å². The normalized spacial score (nSPS) is 14.1. The quantitative estimate of drug-likeness (QED) is 0.736. The second-order valence-electron chi connectivity index (χ2n) is 3.52. The lowest BCUT2D eigenvalue weighted by molar-refractivity contribution is 0.210. The molecule has 0 aliphatic carbocycles. The molecule has 1 aliphatic rings. The third kappa shape index (κ3) is 1.98. The minimum atomic E-state index is -1.03. The van der Waals surface area contributed by atoms with E-state index in [9.17, 15) is 4.79 Å². The van der Waals surface area contributed by atoms with Crippen molar-refractivity contribution < 1.29 is 9.90 Å². The number of amides is 1. The summed E-state index contributed by atoms with van der Waals surface area (Å²) < 4.78 is 0. The molecule has 1 heterocycles. The summed E-state index contributed by atoms with van der Waals surface area (Å²) >= 11 is 0. The van der Waals surface area contributed by atoms with E-state index < -0.39 is 6.09 Å². The van der Waals surface area contributed by atoms with E-state index in [2.05, 4.69) is 10.3 Å². The highest BCUT2D eigenvalue weighted by molar-refractivity contribution is 6.01. The Morgan fingerprint density at radius 1 is 1.53 bits per heavy atom. The summed E-state index contributed by atoms with van der Waals surface area (Å²) in [7, 11) is 0. The summed E-state index contributed by atoms with van der Waals surface area (Å²) in [6.45, 7) is 2.76. The van der Waals surface area contributed by atoms with Crippen LogP contribution in [0.2, 0.25) is 0 Å². The average Bonchev–Trinajstić information content (AvgIpc) is 2.17. The van der Waals surface area contributed by atoms with Gasteiger partial charge in [0.15, 0.2) is 0 Å². The summed E-state index contributed by atoms with van der Waals surface area (Å²) in [5, 5.41) is 10.9. The molecule has 15 heavy (non-hydrogen) atoms. The van der Waals surface area contributed by atoms with Gasteiger partial charge >= 0.3 is 6.09 Å². The highest BCUT2D eigenvalue weighted by Crippen LogP contribution is 2.20. The highest BCUT2D eigenvalue weighted by atomic mass is 16.4. The number of hydrogen-bond acceptors (Lipinski definition) is 2. The zero-order chi connectivity index (χ0) is 10.8.